The number of thiophene rings is 1. The van der Waals surface area contributed by atoms with E-state index in [1.165, 1.54) is 17.6 Å². The molecule has 2 amide bonds. The Labute approximate surface area is 198 Å². The molecule has 8 heteroatoms. The van der Waals surface area contributed by atoms with Crippen LogP contribution in [0, 0.1) is 0 Å². The highest BCUT2D eigenvalue weighted by atomic mass is 35.5. The van der Waals surface area contributed by atoms with E-state index in [1.54, 1.807) is 42.5 Å². The summed E-state index contributed by atoms with van der Waals surface area (Å²) in [6, 6.07) is 21.1. The number of halogens is 1. The number of phenols is 1. The number of aromatic hydroxyl groups is 1. The molecule has 0 aliphatic heterocycles. The molecular weight excluding hydrogens is 458 g/mol. The Kier molecular flexibility index (Phi) is 6.83. The fraction of sp³-hybridized carbons (Fsp3) is 0. The normalized spacial score (nSPS) is 11.6. The van der Waals surface area contributed by atoms with Crippen LogP contribution in [-0.2, 0) is 4.79 Å². The Hall–Kier alpha value is -3.94. The lowest BCUT2D eigenvalue weighted by molar-refractivity contribution is -0.117. The molecule has 0 saturated carbocycles. The highest BCUT2D eigenvalue weighted by Crippen LogP contribution is 2.25. The topological polar surface area (TPSA) is 90.8 Å². The zero-order valence-electron chi connectivity index (χ0n) is 17.2. The molecule has 3 aromatic carbocycles. The van der Waals surface area contributed by atoms with Crippen LogP contribution in [0.15, 0.2) is 89.0 Å². The van der Waals surface area contributed by atoms with Gasteiger partial charge in [0, 0.05) is 10.4 Å². The van der Waals surface area contributed by atoms with Crippen molar-refractivity contribution in [3.05, 3.63) is 105 Å². The van der Waals surface area contributed by atoms with Gasteiger partial charge < -0.3 is 10.4 Å². The molecular formula is C25H18ClN3O3S. The molecule has 4 aromatic rings. The molecule has 0 radical (unpaired) electrons. The monoisotopic (exact) mass is 475 g/mol. The number of carbonyl (C=O) groups is 2. The van der Waals surface area contributed by atoms with Crippen LogP contribution < -0.4 is 10.7 Å². The van der Waals surface area contributed by atoms with Crippen molar-refractivity contribution in [3.63, 3.8) is 0 Å². The van der Waals surface area contributed by atoms with Crippen LogP contribution in [-0.4, -0.2) is 23.1 Å². The molecule has 1 heterocycles. The summed E-state index contributed by atoms with van der Waals surface area (Å²) in [5.74, 6) is -1.11. The standard InChI is InChI=1S/C25H18ClN3O3S/c26-21-10-4-3-9-19(21)24(31)28-22(14-17-7-5-13-33-17)25(32)29-27-15-20-18-8-2-1-6-16(18)11-12-23(20)30/h1-15,30H,(H,28,31)(H,29,32)/b22-14-,27-15+. The van der Waals surface area contributed by atoms with Crippen molar-refractivity contribution in [2.45, 2.75) is 0 Å². The third-order valence-electron chi connectivity index (χ3n) is 4.75. The van der Waals surface area contributed by atoms with Crippen molar-refractivity contribution in [1.82, 2.24) is 10.7 Å². The lowest BCUT2D eigenvalue weighted by Gasteiger charge is -2.10. The number of rotatable bonds is 6. The predicted molar refractivity (Wildman–Crippen MR) is 133 cm³/mol. The molecule has 0 bridgehead atoms. The third-order valence-corrected chi connectivity index (χ3v) is 5.90. The van der Waals surface area contributed by atoms with Crippen LogP contribution in [0.3, 0.4) is 0 Å². The fourth-order valence-electron chi connectivity index (χ4n) is 3.14. The van der Waals surface area contributed by atoms with E-state index >= 15 is 0 Å². The Morgan fingerprint density at radius 1 is 0.970 bits per heavy atom. The smallest absolute Gasteiger partial charge is 0.287 e. The first-order valence-corrected chi connectivity index (χ1v) is 11.1. The van der Waals surface area contributed by atoms with Crippen molar-refractivity contribution in [1.29, 1.82) is 0 Å². The highest BCUT2D eigenvalue weighted by molar-refractivity contribution is 7.10. The molecule has 0 aliphatic carbocycles. The summed E-state index contributed by atoms with van der Waals surface area (Å²) in [5.41, 5.74) is 3.13. The minimum absolute atomic E-state index is 0.00154. The largest absolute Gasteiger partial charge is 0.507 e. The van der Waals surface area contributed by atoms with Gasteiger partial charge in [-0.05, 0) is 46.5 Å². The van der Waals surface area contributed by atoms with E-state index in [2.05, 4.69) is 15.8 Å². The molecule has 0 spiro atoms. The Balaban J connectivity index is 1.57. The van der Waals surface area contributed by atoms with E-state index in [1.807, 2.05) is 41.8 Å². The highest BCUT2D eigenvalue weighted by Gasteiger charge is 2.16. The Bertz CT molecular complexity index is 1380. The number of fused-ring (bicyclic) bond motifs is 1. The van der Waals surface area contributed by atoms with Gasteiger partial charge in [0.05, 0.1) is 16.8 Å². The number of phenolic OH excluding ortho intramolecular Hbond substituents is 1. The summed E-state index contributed by atoms with van der Waals surface area (Å²) in [6.45, 7) is 0. The van der Waals surface area contributed by atoms with Gasteiger partial charge in [-0.15, -0.1) is 11.3 Å². The van der Waals surface area contributed by atoms with Crippen molar-refractivity contribution in [2.75, 3.05) is 0 Å². The number of carbonyl (C=O) groups excluding carboxylic acids is 2. The summed E-state index contributed by atoms with van der Waals surface area (Å²) in [4.78, 5) is 26.3. The molecule has 0 unspecified atom stereocenters. The Morgan fingerprint density at radius 3 is 2.55 bits per heavy atom. The lowest BCUT2D eigenvalue weighted by atomic mass is 10.0. The summed E-state index contributed by atoms with van der Waals surface area (Å²) in [7, 11) is 0. The van der Waals surface area contributed by atoms with Crippen molar-refractivity contribution < 1.29 is 14.7 Å². The first-order chi connectivity index (χ1) is 16.0. The van der Waals surface area contributed by atoms with Gasteiger partial charge in [0.15, 0.2) is 0 Å². The van der Waals surface area contributed by atoms with Crippen LogP contribution in [0.5, 0.6) is 5.75 Å². The van der Waals surface area contributed by atoms with Crippen LogP contribution >= 0.6 is 22.9 Å². The van der Waals surface area contributed by atoms with Gasteiger partial charge in [0.1, 0.15) is 11.4 Å². The SMILES string of the molecule is O=C(N/N=C/c1c(O)ccc2ccccc12)/C(=C/c1cccs1)NC(=O)c1ccccc1Cl. The second-order valence-corrected chi connectivity index (χ2v) is 8.31. The molecule has 0 aliphatic rings. The van der Waals surface area contributed by atoms with Gasteiger partial charge in [-0.25, -0.2) is 5.43 Å². The number of benzene rings is 3. The van der Waals surface area contributed by atoms with E-state index in [-0.39, 0.29) is 22.0 Å². The third kappa shape index (κ3) is 5.28. The first kappa shape index (κ1) is 22.3. The number of nitrogens with one attached hydrogen (secondary N) is 2. The van der Waals surface area contributed by atoms with Gasteiger partial charge in [-0.2, -0.15) is 5.10 Å². The van der Waals surface area contributed by atoms with Crippen molar-refractivity contribution in [2.24, 2.45) is 5.10 Å². The number of hydrogen-bond acceptors (Lipinski definition) is 5. The van der Waals surface area contributed by atoms with E-state index in [0.717, 1.165) is 15.6 Å². The molecule has 33 heavy (non-hydrogen) atoms. The van der Waals surface area contributed by atoms with Gasteiger partial charge in [-0.1, -0.05) is 60.1 Å². The minimum Gasteiger partial charge on any atom is -0.507 e. The quantitative estimate of drug-likeness (QED) is 0.204. The molecule has 6 nitrogen and oxygen atoms in total. The number of nitrogens with zero attached hydrogens (tertiary/aromatic N) is 1. The minimum atomic E-state index is -0.625. The summed E-state index contributed by atoms with van der Waals surface area (Å²) in [6.07, 6.45) is 2.92. The van der Waals surface area contributed by atoms with Gasteiger partial charge in [0.2, 0.25) is 0 Å². The summed E-state index contributed by atoms with van der Waals surface area (Å²) in [5, 5.41) is 20.7. The van der Waals surface area contributed by atoms with Crippen molar-refractivity contribution >= 4 is 57.8 Å². The molecule has 4 rings (SSSR count). The van der Waals surface area contributed by atoms with Crippen LogP contribution in [0.25, 0.3) is 16.8 Å². The Morgan fingerprint density at radius 2 is 1.76 bits per heavy atom. The van der Waals surface area contributed by atoms with Crippen LogP contribution in [0.4, 0.5) is 0 Å². The summed E-state index contributed by atoms with van der Waals surface area (Å²) < 4.78 is 0. The molecule has 0 atom stereocenters. The summed E-state index contributed by atoms with van der Waals surface area (Å²) >= 11 is 7.53. The van der Waals surface area contributed by atoms with E-state index < -0.39 is 11.8 Å². The fourth-order valence-corrected chi connectivity index (χ4v) is 4.02. The maximum Gasteiger partial charge on any atom is 0.287 e. The van der Waals surface area contributed by atoms with E-state index in [9.17, 15) is 14.7 Å². The average Bonchev–Trinajstić information content (AvgIpc) is 3.33. The number of amides is 2. The average molecular weight is 476 g/mol. The van der Waals surface area contributed by atoms with Gasteiger partial charge in [0.25, 0.3) is 11.8 Å². The molecule has 0 saturated heterocycles. The van der Waals surface area contributed by atoms with Gasteiger partial charge in [-0.3, -0.25) is 9.59 Å². The molecule has 0 fully saturated rings. The zero-order valence-corrected chi connectivity index (χ0v) is 18.7. The van der Waals surface area contributed by atoms with E-state index in [0.29, 0.717) is 5.56 Å². The second kappa shape index (κ2) is 10.1. The lowest BCUT2D eigenvalue weighted by Crippen LogP contribution is -2.33. The van der Waals surface area contributed by atoms with Gasteiger partial charge >= 0.3 is 0 Å². The first-order valence-electron chi connectivity index (χ1n) is 9.88. The number of hydrazone groups is 1. The van der Waals surface area contributed by atoms with E-state index in [4.69, 9.17) is 11.6 Å². The maximum atomic E-state index is 12.9. The number of hydrogen-bond donors (Lipinski definition) is 3. The molecule has 1 aromatic heterocycles. The molecule has 164 valence electrons. The predicted octanol–water partition coefficient (Wildman–Crippen LogP) is 5.18. The van der Waals surface area contributed by atoms with Crippen LogP contribution in [0.1, 0.15) is 20.8 Å². The molecule has 3 N–H and O–H groups in total. The second-order valence-electron chi connectivity index (χ2n) is 6.93. The van der Waals surface area contributed by atoms with Crippen LogP contribution in [0.2, 0.25) is 5.02 Å². The van der Waals surface area contributed by atoms with Crippen molar-refractivity contribution in [3.8, 4) is 5.75 Å². The maximum absolute atomic E-state index is 12.9. The zero-order chi connectivity index (χ0) is 23.2.